The number of ether oxygens (including phenoxy) is 2. The fourth-order valence-electron chi connectivity index (χ4n) is 3.85. The third-order valence-corrected chi connectivity index (χ3v) is 5.94. The Labute approximate surface area is 193 Å². The maximum atomic E-state index is 13.0. The van der Waals surface area contributed by atoms with E-state index in [9.17, 15) is 9.59 Å². The molecule has 4 aromatic rings. The Kier molecular flexibility index (Phi) is 6.50. The van der Waals surface area contributed by atoms with Gasteiger partial charge in [0.2, 0.25) is 5.91 Å². The summed E-state index contributed by atoms with van der Waals surface area (Å²) < 4.78 is 15.1. The molecule has 4 rings (SSSR count). The van der Waals surface area contributed by atoms with Crippen LogP contribution in [0.5, 0.6) is 11.5 Å². The van der Waals surface area contributed by atoms with E-state index in [1.165, 1.54) is 0 Å². The zero-order valence-corrected chi connectivity index (χ0v) is 19.5. The third kappa shape index (κ3) is 4.36. The van der Waals surface area contributed by atoms with Gasteiger partial charge in [0.1, 0.15) is 17.0 Å². The molecule has 0 saturated heterocycles. The molecule has 0 radical (unpaired) electrons. The van der Waals surface area contributed by atoms with Crippen molar-refractivity contribution in [2.75, 3.05) is 14.2 Å². The number of aromatic nitrogens is 2. The minimum absolute atomic E-state index is 0.0675. The van der Waals surface area contributed by atoms with Gasteiger partial charge in [0.25, 0.3) is 5.56 Å². The van der Waals surface area contributed by atoms with Crippen LogP contribution in [0.2, 0.25) is 0 Å². The molecule has 0 saturated carbocycles. The van der Waals surface area contributed by atoms with E-state index in [2.05, 4.69) is 21.2 Å². The highest BCUT2D eigenvalue weighted by Crippen LogP contribution is 2.24. The van der Waals surface area contributed by atoms with Crippen molar-refractivity contribution in [2.24, 2.45) is 0 Å². The van der Waals surface area contributed by atoms with Crippen LogP contribution in [0.1, 0.15) is 18.4 Å². The Morgan fingerprint density at radius 2 is 1.88 bits per heavy atom. The number of fused-ring (bicyclic) bond motifs is 3. The average molecular weight is 498 g/mol. The number of hydrogen-bond donors (Lipinski definition) is 1. The molecule has 2 heterocycles. The van der Waals surface area contributed by atoms with E-state index in [0.717, 1.165) is 21.1 Å². The average Bonchev–Trinajstić information content (AvgIpc) is 3.30. The summed E-state index contributed by atoms with van der Waals surface area (Å²) >= 11 is 3.49. The Morgan fingerprint density at radius 3 is 2.66 bits per heavy atom. The van der Waals surface area contributed by atoms with Gasteiger partial charge in [-0.2, -0.15) is 0 Å². The molecule has 1 N–H and O–H groups in total. The predicted molar refractivity (Wildman–Crippen MR) is 127 cm³/mol. The number of hydrogen-bond acceptors (Lipinski definition) is 4. The molecule has 0 aliphatic heterocycles. The van der Waals surface area contributed by atoms with E-state index < -0.39 is 0 Å². The SMILES string of the molecule is COc1ccc(OC)c(CNC(=O)CCCn2c(=O)c3cccn3c3ccc(Br)cc32)c1. The van der Waals surface area contributed by atoms with Crippen LogP contribution in [0, 0.1) is 0 Å². The van der Waals surface area contributed by atoms with Crippen LogP contribution in [-0.4, -0.2) is 29.1 Å². The molecule has 0 atom stereocenters. The molecule has 0 aliphatic rings. The molecular weight excluding hydrogens is 474 g/mol. The molecule has 2 aromatic heterocycles. The van der Waals surface area contributed by atoms with Gasteiger partial charge in [-0.1, -0.05) is 15.9 Å². The number of nitrogens with one attached hydrogen (secondary N) is 1. The van der Waals surface area contributed by atoms with Crippen LogP contribution in [0.25, 0.3) is 16.6 Å². The largest absolute Gasteiger partial charge is 0.497 e. The van der Waals surface area contributed by atoms with E-state index >= 15 is 0 Å². The van der Waals surface area contributed by atoms with Gasteiger partial charge in [0, 0.05) is 35.7 Å². The van der Waals surface area contributed by atoms with Gasteiger partial charge in [-0.05, 0) is 55.0 Å². The first-order valence-electron chi connectivity index (χ1n) is 10.3. The van der Waals surface area contributed by atoms with Crippen molar-refractivity contribution < 1.29 is 14.3 Å². The Balaban J connectivity index is 1.45. The molecule has 8 heteroatoms. The zero-order valence-electron chi connectivity index (χ0n) is 17.9. The van der Waals surface area contributed by atoms with Crippen molar-refractivity contribution in [1.29, 1.82) is 0 Å². The number of nitrogens with zero attached hydrogens (tertiary/aromatic N) is 2. The second kappa shape index (κ2) is 9.48. The van der Waals surface area contributed by atoms with Gasteiger partial charge in [-0.25, -0.2) is 0 Å². The summed E-state index contributed by atoms with van der Waals surface area (Å²) in [6, 6.07) is 15.0. The summed E-state index contributed by atoms with van der Waals surface area (Å²) in [5, 5.41) is 2.92. The van der Waals surface area contributed by atoms with Crippen LogP contribution < -0.4 is 20.3 Å². The molecule has 7 nitrogen and oxygen atoms in total. The van der Waals surface area contributed by atoms with E-state index in [4.69, 9.17) is 9.47 Å². The number of rotatable bonds is 8. The number of aryl methyl sites for hydroxylation is 1. The van der Waals surface area contributed by atoms with E-state index in [0.29, 0.717) is 42.9 Å². The van der Waals surface area contributed by atoms with Crippen molar-refractivity contribution in [3.63, 3.8) is 0 Å². The topological polar surface area (TPSA) is 74.0 Å². The monoisotopic (exact) mass is 497 g/mol. The van der Waals surface area contributed by atoms with Crippen LogP contribution in [0.4, 0.5) is 0 Å². The summed E-state index contributed by atoms with van der Waals surface area (Å²) in [5.74, 6) is 1.31. The second-order valence-electron chi connectivity index (χ2n) is 7.41. The fraction of sp³-hybridized carbons (Fsp3) is 0.250. The number of carbonyl (C=O) groups is 1. The lowest BCUT2D eigenvalue weighted by atomic mass is 10.2. The quantitative estimate of drug-likeness (QED) is 0.397. The third-order valence-electron chi connectivity index (χ3n) is 5.45. The minimum atomic E-state index is -0.0860. The van der Waals surface area contributed by atoms with Crippen LogP contribution in [0.3, 0.4) is 0 Å². The summed E-state index contributed by atoms with van der Waals surface area (Å²) in [5.41, 5.74) is 3.17. The number of benzene rings is 2. The van der Waals surface area contributed by atoms with Gasteiger partial charge in [0.05, 0.1) is 25.3 Å². The first kappa shape index (κ1) is 22.0. The van der Waals surface area contributed by atoms with E-state index in [-0.39, 0.29) is 11.5 Å². The highest BCUT2D eigenvalue weighted by molar-refractivity contribution is 9.10. The Morgan fingerprint density at radius 1 is 1.03 bits per heavy atom. The van der Waals surface area contributed by atoms with E-state index in [1.807, 2.05) is 59.1 Å². The summed E-state index contributed by atoms with van der Waals surface area (Å²) in [4.78, 5) is 25.5. The molecule has 0 spiro atoms. The molecule has 0 bridgehead atoms. The lowest BCUT2D eigenvalue weighted by Gasteiger charge is -2.14. The smallest absolute Gasteiger partial charge is 0.275 e. The van der Waals surface area contributed by atoms with Crippen molar-refractivity contribution in [2.45, 2.75) is 25.9 Å². The summed E-state index contributed by atoms with van der Waals surface area (Å²) in [7, 11) is 3.19. The molecule has 0 unspecified atom stereocenters. The first-order chi connectivity index (χ1) is 15.5. The highest BCUT2D eigenvalue weighted by Gasteiger charge is 2.12. The van der Waals surface area contributed by atoms with Gasteiger partial charge in [0.15, 0.2) is 0 Å². The predicted octanol–water partition coefficient (Wildman–Crippen LogP) is 4.13. The van der Waals surface area contributed by atoms with Crippen molar-refractivity contribution in [3.8, 4) is 11.5 Å². The van der Waals surface area contributed by atoms with Crippen LogP contribution in [-0.2, 0) is 17.9 Å². The molecular formula is C24H24BrN3O4. The standard InChI is InChI=1S/C24H24BrN3O4/c1-31-18-8-10-22(32-2)16(13-18)15-26-23(29)6-4-12-28-21-14-17(25)7-9-19(21)27-11-3-5-20(27)24(28)30/h3,5,7-11,13-14H,4,6,12,15H2,1-2H3,(H,26,29). The number of methoxy groups -OCH3 is 2. The summed E-state index contributed by atoms with van der Waals surface area (Å²) in [6.07, 6.45) is 2.73. The van der Waals surface area contributed by atoms with Gasteiger partial charge in [-0.3, -0.25) is 9.59 Å². The van der Waals surface area contributed by atoms with Gasteiger partial charge >= 0.3 is 0 Å². The maximum Gasteiger partial charge on any atom is 0.275 e. The van der Waals surface area contributed by atoms with Crippen LogP contribution >= 0.6 is 15.9 Å². The Bertz CT molecular complexity index is 1340. The minimum Gasteiger partial charge on any atom is -0.497 e. The van der Waals surface area contributed by atoms with Gasteiger partial charge in [-0.15, -0.1) is 0 Å². The van der Waals surface area contributed by atoms with Gasteiger partial charge < -0.3 is 23.8 Å². The second-order valence-corrected chi connectivity index (χ2v) is 8.33. The van der Waals surface area contributed by atoms with Crippen molar-refractivity contribution in [1.82, 2.24) is 14.3 Å². The molecule has 0 aliphatic carbocycles. The molecule has 2 aromatic carbocycles. The summed E-state index contributed by atoms with van der Waals surface area (Å²) in [6.45, 7) is 0.786. The maximum absolute atomic E-state index is 13.0. The Hall–Kier alpha value is -3.26. The first-order valence-corrected chi connectivity index (χ1v) is 11.1. The van der Waals surface area contributed by atoms with Crippen LogP contribution in [0.15, 0.2) is 64.0 Å². The normalized spacial score (nSPS) is 11.1. The lowest BCUT2D eigenvalue weighted by Crippen LogP contribution is -2.25. The lowest BCUT2D eigenvalue weighted by molar-refractivity contribution is -0.121. The molecule has 1 amide bonds. The number of amides is 1. The van der Waals surface area contributed by atoms with E-state index in [1.54, 1.807) is 18.8 Å². The molecule has 0 fully saturated rings. The van der Waals surface area contributed by atoms with Crippen molar-refractivity contribution in [3.05, 3.63) is 75.1 Å². The van der Waals surface area contributed by atoms with Crippen molar-refractivity contribution >= 4 is 38.4 Å². The molecule has 166 valence electrons. The fourth-order valence-corrected chi connectivity index (χ4v) is 4.20. The molecule has 32 heavy (non-hydrogen) atoms. The highest BCUT2D eigenvalue weighted by atomic mass is 79.9. The zero-order chi connectivity index (χ0) is 22.7. The number of carbonyl (C=O) groups excluding carboxylic acids is 1. The number of halogens is 1.